The Hall–Kier alpha value is -1.97. The minimum absolute atomic E-state index is 0.233. The van der Waals surface area contributed by atoms with E-state index >= 15 is 0 Å². The first-order valence-electron chi connectivity index (χ1n) is 6.21. The maximum Gasteiger partial charge on any atom is 0.410 e. The fourth-order valence-electron chi connectivity index (χ4n) is 2.51. The molecule has 3 rings (SSSR count). The number of rotatable bonds is 1. The van der Waals surface area contributed by atoms with Gasteiger partial charge in [0.05, 0.1) is 19.7 Å². The van der Waals surface area contributed by atoms with E-state index in [4.69, 9.17) is 4.74 Å². The van der Waals surface area contributed by atoms with Gasteiger partial charge in [-0.1, -0.05) is 11.6 Å². The summed E-state index contributed by atoms with van der Waals surface area (Å²) in [5, 5.41) is 1.22. The van der Waals surface area contributed by atoms with Gasteiger partial charge in [-0.05, 0) is 26.0 Å². The molecular formula is C14H16N2O2. The Kier molecular flexibility index (Phi) is 2.51. The maximum atomic E-state index is 11.7. The van der Waals surface area contributed by atoms with Gasteiger partial charge in [0.1, 0.15) is 0 Å². The van der Waals surface area contributed by atoms with E-state index < -0.39 is 0 Å². The van der Waals surface area contributed by atoms with Gasteiger partial charge in [-0.15, -0.1) is 0 Å². The van der Waals surface area contributed by atoms with Crippen LogP contribution in [0.2, 0.25) is 0 Å². The van der Waals surface area contributed by atoms with Crippen molar-refractivity contribution in [3.8, 4) is 0 Å². The Morgan fingerprint density at radius 2 is 2.28 bits per heavy atom. The molecule has 0 radical (unpaired) electrons. The molecule has 1 aliphatic heterocycles. The van der Waals surface area contributed by atoms with E-state index in [-0.39, 0.29) is 6.09 Å². The van der Waals surface area contributed by atoms with Crippen molar-refractivity contribution in [3.05, 3.63) is 35.0 Å². The third-order valence-corrected chi connectivity index (χ3v) is 3.37. The van der Waals surface area contributed by atoms with E-state index in [0.717, 1.165) is 11.2 Å². The van der Waals surface area contributed by atoms with Gasteiger partial charge in [-0.2, -0.15) is 0 Å². The predicted octanol–water partition coefficient (Wildman–Crippen LogP) is 2.95. The molecule has 2 aromatic rings. The molecule has 1 N–H and O–H groups in total. The van der Waals surface area contributed by atoms with Crippen molar-refractivity contribution in [1.29, 1.82) is 0 Å². The number of hydrogen-bond acceptors (Lipinski definition) is 2. The van der Waals surface area contributed by atoms with Crippen molar-refractivity contribution in [2.75, 3.05) is 6.61 Å². The lowest BCUT2D eigenvalue weighted by atomic mass is 10.1. The van der Waals surface area contributed by atoms with Gasteiger partial charge in [0.2, 0.25) is 0 Å². The van der Waals surface area contributed by atoms with Crippen LogP contribution in [0.3, 0.4) is 0 Å². The summed E-state index contributed by atoms with van der Waals surface area (Å²) < 4.78 is 5.04. The third-order valence-electron chi connectivity index (χ3n) is 3.37. The lowest BCUT2D eigenvalue weighted by molar-refractivity contribution is 0.106. The number of H-pyrrole nitrogens is 1. The highest BCUT2D eigenvalue weighted by atomic mass is 16.6. The molecule has 0 spiro atoms. The molecule has 0 atom stereocenters. The molecule has 0 bridgehead atoms. The first-order valence-corrected chi connectivity index (χ1v) is 6.21. The first kappa shape index (κ1) is 11.1. The molecule has 1 aromatic carbocycles. The molecule has 2 heterocycles. The predicted molar refractivity (Wildman–Crippen MR) is 69.3 cm³/mol. The number of hydrogen-bond donors (Lipinski definition) is 1. The third kappa shape index (κ3) is 1.65. The number of fused-ring (bicyclic) bond motifs is 3. The summed E-state index contributed by atoms with van der Waals surface area (Å²) in [5.74, 6) is 0. The lowest BCUT2D eigenvalue weighted by Crippen LogP contribution is -2.26. The summed E-state index contributed by atoms with van der Waals surface area (Å²) in [6, 6.07) is 6.36. The summed E-state index contributed by atoms with van der Waals surface area (Å²) in [6.45, 7) is 5.57. The number of aromatic nitrogens is 1. The zero-order valence-electron chi connectivity index (χ0n) is 10.6. The van der Waals surface area contributed by atoms with Crippen molar-refractivity contribution in [2.45, 2.75) is 26.9 Å². The van der Waals surface area contributed by atoms with E-state index in [0.29, 0.717) is 19.7 Å². The number of amides is 1. The summed E-state index contributed by atoms with van der Waals surface area (Å²) in [7, 11) is 0. The molecule has 1 aromatic heterocycles. The van der Waals surface area contributed by atoms with Crippen LogP contribution in [0, 0.1) is 6.92 Å². The van der Waals surface area contributed by atoms with Crippen molar-refractivity contribution < 1.29 is 9.53 Å². The van der Waals surface area contributed by atoms with E-state index in [1.165, 1.54) is 16.5 Å². The molecule has 4 nitrogen and oxygen atoms in total. The minimum atomic E-state index is -0.233. The first-order chi connectivity index (χ1) is 8.69. The SMILES string of the molecule is CCOC(=O)N1Cc2[nH]c3ccc(C)cc3c2C1. The number of benzene rings is 1. The molecule has 0 saturated carbocycles. The van der Waals surface area contributed by atoms with E-state index in [2.05, 4.69) is 30.1 Å². The summed E-state index contributed by atoms with van der Waals surface area (Å²) in [5.41, 5.74) is 4.73. The smallest absolute Gasteiger partial charge is 0.410 e. The highest BCUT2D eigenvalue weighted by Gasteiger charge is 2.27. The Bertz CT molecular complexity index is 616. The fraction of sp³-hybridized carbons (Fsp3) is 0.357. The van der Waals surface area contributed by atoms with Crippen LogP contribution in [0.5, 0.6) is 0 Å². The maximum absolute atomic E-state index is 11.7. The number of aromatic amines is 1. The topological polar surface area (TPSA) is 45.3 Å². The minimum Gasteiger partial charge on any atom is -0.450 e. The number of carbonyl (C=O) groups excluding carboxylic acids is 1. The highest BCUT2D eigenvalue weighted by molar-refractivity contribution is 5.86. The second kappa shape index (κ2) is 4.05. The van der Waals surface area contributed by atoms with Gasteiger partial charge in [0, 0.05) is 22.2 Å². The number of nitrogens with one attached hydrogen (secondary N) is 1. The lowest BCUT2D eigenvalue weighted by Gasteiger charge is -2.14. The largest absolute Gasteiger partial charge is 0.450 e. The van der Waals surface area contributed by atoms with Crippen molar-refractivity contribution in [1.82, 2.24) is 9.88 Å². The van der Waals surface area contributed by atoms with Crippen molar-refractivity contribution in [3.63, 3.8) is 0 Å². The summed E-state index contributed by atoms with van der Waals surface area (Å²) in [4.78, 5) is 16.8. The highest BCUT2D eigenvalue weighted by Crippen LogP contribution is 2.31. The van der Waals surface area contributed by atoms with Crippen LogP contribution < -0.4 is 0 Å². The van der Waals surface area contributed by atoms with Crippen LogP contribution in [-0.2, 0) is 17.8 Å². The van der Waals surface area contributed by atoms with Gasteiger partial charge in [0.15, 0.2) is 0 Å². The number of nitrogens with zero attached hydrogens (tertiary/aromatic N) is 1. The molecule has 0 aliphatic carbocycles. The van der Waals surface area contributed by atoms with E-state index in [9.17, 15) is 4.79 Å². The van der Waals surface area contributed by atoms with Gasteiger partial charge < -0.3 is 9.72 Å². The average molecular weight is 244 g/mol. The number of ether oxygens (including phenoxy) is 1. The fourth-order valence-corrected chi connectivity index (χ4v) is 2.51. The average Bonchev–Trinajstić information content (AvgIpc) is 2.87. The quantitative estimate of drug-likeness (QED) is 0.838. The molecule has 1 aliphatic rings. The Morgan fingerprint density at radius 3 is 3.06 bits per heavy atom. The Labute approximate surface area is 106 Å². The zero-order chi connectivity index (χ0) is 12.7. The molecular weight excluding hydrogens is 228 g/mol. The van der Waals surface area contributed by atoms with Gasteiger partial charge in [-0.25, -0.2) is 4.79 Å². The number of aryl methyl sites for hydroxylation is 1. The summed E-state index contributed by atoms with van der Waals surface area (Å²) in [6.07, 6.45) is -0.233. The standard InChI is InChI=1S/C14H16N2O2/c1-3-18-14(17)16-7-11-10-6-9(2)4-5-12(10)15-13(11)8-16/h4-6,15H,3,7-8H2,1-2H3. The second-order valence-electron chi connectivity index (χ2n) is 4.69. The van der Waals surface area contributed by atoms with Crippen LogP contribution in [0.15, 0.2) is 18.2 Å². The van der Waals surface area contributed by atoms with Crippen molar-refractivity contribution >= 4 is 17.0 Å². The molecule has 4 heteroatoms. The normalized spacial score (nSPS) is 14.0. The summed E-state index contributed by atoms with van der Waals surface area (Å²) >= 11 is 0. The Balaban J connectivity index is 1.94. The van der Waals surface area contributed by atoms with Crippen LogP contribution in [0.4, 0.5) is 4.79 Å². The van der Waals surface area contributed by atoms with Gasteiger partial charge in [0.25, 0.3) is 0 Å². The van der Waals surface area contributed by atoms with Gasteiger partial charge in [-0.3, -0.25) is 4.90 Å². The molecule has 0 fully saturated rings. The molecule has 0 saturated heterocycles. The van der Waals surface area contributed by atoms with Gasteiger partial charge >= 0.3 is 6.09 Å². The number of carbonyl (C=O) groups is 1. The monoisotopic (exact) mass is 244 g/mol. The molecule has 94 valence electrons. The van der Waals surface area contributed by atoms with Crippen LogP contribution in [-0.4, -0.2) is 22.6 Å². The molecule has 18 heavy (non-hydrogen) atoms. The zero-order valence-corrected chi connectivity index (χ0v) is 10.6. The molecule has 1 amide bonds. The van der Waals surface area contributed by atoms with E-state index in [1.807, 2.05) is 6.92 Å². The Morgan fingerprint density at radius 1 is 1.44 bits per heavy atom. The van der Waals surface area contributed by atoms with Crippen molar-refractivity contribution in [2.24, 2.45) is 0 Å². The van der Waals surface area contributed by atoms with E-state index in [1.54, 1.807) is 4.90 Å². The molecule has 0 unspecified atom stereocenters. The van der Waals surface area contributed by atoms with Crippen LogP contribution in [0.1, 0.15) is 23.7 Å². The van der Waals surface area contributed by atoms with Crippen LogP contribution >= 0.6 is 0 Å². The second-order valence-corrected chi connectivity index (χ2v) is 4.69. The van der Waals surface area contributed by atoms with Crippen LogP contribution in [0.25, 0.3) is 10.9 Å².